The summed E-state index contributed by atoms with van der Waals surface area (Å²) in [7, 11) is 0. The molecule has 0 radical (unpaired) electrons. The van der Waals surface area contributed by atoms with Crippen molar-refractivity contribution in [1.82, 2.24) is 0 Å². The minimum atomic E-state index is -0.699. The van der Waals surface area contributed by atoms with Gasteiger partial charge in [-0.2, -0.15) is 0 Å². The van der Waals surface area contributed by atoms with E-state index < -0.39 is 6.10 Å². The highest BCUT2D eigenvalue weighted by atomic mass is 16.3. The summed E-state index contributed by atoms with van der Waals surface area (Å²) in [5, 5.41) is 9.44. The van der Waals surface area contributed by atoms with Crippen molar-refractivity contribution in [2.45, 2.75) is 39.7 Å². The zero-order chi connectivity index (χ0) is 8.65. The van der Waals surface area contributed by atoms with Gasteiger partial charge in [-0.15, -0.1) is 0 Å². The predicted octanol–water partition coefficient (Wildman–Crippen LogP) is 1.37. The van der Waals surface area contributed by atoms with Gasteiger partial charge >= 0.3 is 0 Å². The van der Waals surface area contributed by atoms with Gasteiger partial charge in [-0.3, -0.25) is 4.79 Å². The summed E-state index contributed by atoms with van der Waals surface area (Å²) in [6, 6.07) is 0. The van der Waals surface area contributed by atoms with Crippen LogP contribution in [0.15, 0.2) is 0 Å². The van der Waals surface area contributed by atoms with Crippen LogP contribution in [-0.4, -0.2) is 17.0 Å². The third-order valence-corrected chi connectivity index (χ3v) is 2.08. The van der Waals surface area contributed by atoms with Gasteiger partial charge in [0.15, 0.2) is 5.78 Å². The SMILES string of the molecule is CC(C)(C)C(=O)C(O)C1CC1. The molecular weight excluding hydrogens is 140 g/mol. The van der Waals surface area contributed by atoms with Gasteiger partial charge in [0.05, 0.1) is 0 Å². The molecule has 1 saturated carbocycles. The monoisotopic (exact) mass is 156 g/mol. The number of Topliss-reactive ketones (excluding diaryl/α,β-unsaturated/α-hetero) is 1. The third-order valence-electron chi connectivity index (χ3n) is 2.08. The Morgan fingerprint density at radius 1 is 1.45 bits per heavy atom. The summed E-state index contributed by atoms with van der Waals surface area (Å²) in [6.45, 7) is 5.54. The summed E-state index contributed by atoms with van der Waals surface area (Å²) >= 11 is 0. The molecule has 2 heteroatoms. The zero-order valence-electron chi connectivity index (χ0n) is 7.42. The molecule has 0 heterocycles. The topological polar surface area (TPSA) is 37.3 Å². The summed E-state index contributed by atoms with van der Waals surface area (Å²) in [6.07, 6.45) is 1.33. The number of carbonyl (C=O) groups is 1. The average molecular weight is 156 g/mol. The molecule has 0 bridgehead atoms. The zero-order valence-corrected chi connectivity index (χ0v) is 7.42. The van der Waals surface area contributed by atoms with Crippen molar-refractivity contribution in [3.8, 4) is 0 Å². The smallest absolute Gasteiger partial charge is 0.166 e. The lowest BCUT2D eigenvalue weighted by molar-refractivity contribution is -0.135. The molecular formula is C9H16O2. The summed E-state index contributed by atoms with van der Waals surface area (Å²) in [5.41, 5.74) is -0.387. The van der Waals surface area contributed by atoms with Crippen LogP contribution in [0.1, 0.15) is 33.6 Å². The Bertz CT molecular complexity index is 163. The lowest BCUT2D eigenvalue weighted by atomic mass is 9.86. The number of hydrogen-bond acceptors (Lipinski definition) is 2. The van der Waals surface area contributed by atoms with Crippen LogP contribution in [0.25, 0.3) is 0 Å². The van der Waals surface area contributed by atoms with Crippen molar-refractivity contribution >= 4 is 5.78 Å². The van der Waals surface area contributed by atoms with Crippen LogP contribution in [0.2, 0.25) is 0 Å². The Hall–Kier alpha value is -0.370. The van der Waals surface area contributed by atoms with E-state index in [0.717, 1.165) is 12.8 Å². The van der Waals surface area contributed by atoms with E-state index in [1.165, 1.54) is 0 Å². The lowest BCUT2D eigenvalue weighted by Gasteiger charge is -2.20. The maximum atomic E-state index is 11.4. The van der Waals surface area contributed by atoms with Crippen molar-refractivity contribution in [1.29, 1.82) is 0 Å². The molecule has 1 rings (SSSR count). The van der Waals surface area contributed by atoms with Gasteiger partial charge in [-0.1, -0.05) is 20.8 Å². The average Bonchev–Trinajstić information content (AvgIpc) is 2.63. The molecule has 0 aromatic carbocycles. The third kappa shape index (κ3) is 2.03. The fraction of sp³-hybridized carbons (Fsp3) is 0.889. The second-order valence-electron chi connectivity index (χ2n) is 4.40. The minimum absolute atomic E-state index is 0.0139. The van der Waals surface area contributed by atoms with E-state index in [0.29, 0.717) is 0 Å². The lowest BCUT2D eigenvalue weighted by Crippen LogP contribution is -2.33. The van der Waals surface area contributed by atoms with Gasteiger partial charge in [-0.25, -0.2) is 0 Å². The van der Waals surface area contributed by atoms with Crippen molar-refractivity contribution in [3.05, 3.63) is 0 Å². The molecule has 1 atom stereocenters. The maximum absolute atomic E-state index is 11.4. The summed E-state index contributed by atoms with van der Waals surface area (Å²) in [4.78, 5) is 11.4. The second kappa shape index (κ2) is 2.59. The van der Waals surface area contributed by atoms with E-state index in [2.05, 4.69) is 0 Å². The first-order valence-electron chi connectivity index (χ1n) is 4.15. The number of hydrogen-bond donors (Lipinski definition) is 1. The minimum Gasteiger partial charge on any atom is -0.385 e. The Morgan fingerprint density at radius 3 is 2.18 bits per heavy atom. The quantitative estimate of drug-likeness (QED) is 0.655. The van der Waals surface area contributed by atoms with Gasteiger partial charge < -0.3 is 5.11 Å². The first kappa shape index (κ1) is 8.72. The van der Waals surface area contributed by atoms with Crippen LogP contribution in [0.3, 0.4) is 0 Å². The molecule has 0 aromatic heterocycles. The van der Waals surface area contributed by atoms with E-state index >= 15 is 0 Å². The van der Waals surface area contributed by atoms with Crippen molar-refractivity contribution in [2.24, 2.45) is 11.3 Å². The van der Waals surface area contributed by atoms with Gasteiger partial charge in [0, 0.05) is 5.41 Å². The standard InChI is InChI=1S/C9H16O2/c1-9(2,3)8(11)7(10)6-4-5-6/h6-7,10H,4-5H2,1-3H3. The highest BCUT2D eigenvalue weighted by Gasteiger charge is 2.38. The van der Waals surface area contributed by atoms with Crippen molar-refractivity contribution in [2.75, 3.05) is 0 Å². The Balaban J connectivity index is 2.52. The molecule has 2 nitrogen and oxygen atoms in total. The number of carbonyl (C=O) groups excluding carboxylic acids is 1. The highest BCUT2D eigenvalue weighted by molar-refractivity contribution is 5.88. The Kier molecular flexibility index (Phi) is 2.06. The van der Waals surface area contributed by atoms with E-state index in [1.807, 2.05) is 20.8 Å². The first-order chi connectivity index (χ1) is 4.93. The summed E-state index contributed by atoms with van der Waals surface area (Å²) in [5.74, 6) is 0.252. The molecule has 1 aliphatic carbocycles. The molecule has 11 heavy (non-hydrogen) atoms. The van der Waals surface area contributed by atoms with Gasteiger partial charge in [0.1, 0.15) is 6.10 Å². The Morgan fingerprint density at radius 2 is 1.91 bits per heavy atom. The van der Waals surface area contributed by atoms with E-state index in [4.69, 9.17) is 0 Å². The number of rotatable bonds is 2. The molecule has 1 N–H and O–H groups in total. The van der Waals surface area contributed by atoms with Gasteiger partial charge in [-0.05, 0) is 18.8 Å². The predicted molar refractivity (Wildman–Crippen MR) is 43.2 cm³/mol. The number of ketones is 1. The van der Waals surface area contributed by atoms with Gasteiger partial charge in [0.2, 0.25) is 0 Å². The van der Waals surface area contributed by atoms with Crippen LogP contribution in [0, 0.1) is 11.3 Å². The fourth-order valence-corrected chi connectivity index (χ4v) is 1.07. The fourth-order valence-electron chi connectivity index (χ4n) is 1.07. The Labute approximate surface area is 67.6 Å². The highest BCUT2D eigenvalue weighted by Crippen LogP contribution is 2.35. The van der Waals surface area contributed by atoms with Crippen molar-refractivity contribution in [3.63, 3.8) is 0 Å². The summed E-state index contributed by atoms with van der Waals surface area (Å²) < 4.78 is 0. The van der Waals surface area contributed by atoms with E-state index in [-0.39, 0.29) is 17.1 Å². The van der Waals surface area contributed by atoms with E-state index in [1.54, 1.807) is 0 Å². The first-order valence-corrected chi connectivity index (χ1v) is 4.15. The number of aliphatic hydroxyl groups excluding tert-OH is 1. The molecule has 0 amide bonds. The molecule has 0 aliphatic heterocycles. The van der Waals surface area contributed by atoms with Crippen LogP contribution in [0.5, 0.6) is 0 Å². The van der Waals surface area contributed by atoms with Crippen molar-refractivity contribution < 1.29 is 9.90 Å². The molecule has 64 valence electrons. The van der Waals surface area contributed by atoms with Crippen LogP contribution in [0.4, 0.5) is 0 Å². The maximum Gasteiger partial charge on any atom is 0.166 e. The van der Waals surface area contributed by atoms with Crippen LogP contribution >= 0.6 is 0 Å². The van der Waals surface area contributed by atoms with Crippen LogP contribution in [-0.2, 0) is 4.79 Å². The van der Waals surface area contributed by atoms with Crippen LogP contribution < -0.4 is 0 Å². The normalized spacial score (nSPS) is 21.5. The molecule has 0 saturated heterocycles. The second-order valence-corrected chi connectivity index (χ2v) is 4.40. The largest absolute Gasteiger partial charge is 0.385 e. The number of aliphatic hydroxyl groups is 1. The van der Waals surface area contributed by atoms with E-state index in [9.17, 15) is 9.90 Å². The molecule has 1 unspecified atom stereocenters. The molecule has 1 fully saturated rings. The molecule has 1 aliphatic rings. The molecule has 0 spiro atoms. The molecule has 0 aromatic rings. The van der Waals surface area contributed by atoms with Gasteiger partial charge in [0.25, 0.3) is 0 Å².